The minimum Gasteiger partial charge on any atom is -0.471 e. The van der Waals surface area contributed by atoms with Gasteiger partial charge in [0.2, 0.25) is 5.60 Å². The number of esters is 2. The quantitative estimate of drug-likeness (QED) is 0.631. The molecule has 0 saturated carbocycles. The van der Waals surface area contributed by atoms with Crippen LogP contribution >= 0.6 is 0 Å². The second-order valence-electron chi connectivity index (χ2n) is 7.90. The second-order valence-corrected chi connectivity index (χ2v) is 7.90. The van der Waals surface area contributed by atoms with E-state index in [0.717, 1.165) is 19.8 Å². The van der Waals surface area contributed by atoms with E-state index in [-0.39, 0.29) is 29.0 Å². The molecule has 2 aromatic carbocycles. The Hall–Kier alpha value is -4.20. The molecule has 2 aliphatic heterocycles. The molecule has 1 atom stereocenters. The van der Waals surface area contributed by atoms with Gasteiger partial charge in [0.05, 0.1) is 37.6 Å². The van der Waals surface area contributed by atoms with Crippen molar-refractivity contribution in [3.8, 4) is 0 Å². The molecule has 2 heterocycles. The van der Waals surface area contributed by atoms with Crippen LogP contribution in [0.15, 0.2) is 77.1 Å². The summed E-state index contributed by atoms with van der Waals surface area (Å²) < 4.78 is 16.1. The maximum Gasteiger partial charge on any atom is 0.339 e. The lowest BCUT2D eigenvalue weighted by Crippen LogP contribution is -2.49. The molecule has 1 amide bonds. The molecular formula is C26H23NO7. The first-order valence-electron chi connectivity index (χ1n) is 10.6. The average molecular weight is 461 g/mol. The van der Waals surface area contributed by atoms with Gasteiger partial charge in [-0.25, -0.2) is 9.59 Å². The van der Waals surface area contributed by atoms with Crippen LogP contribution in [0.1, 0.15) is 25.0 Å². The summed E-state index contributed by atoms with van der Waals surface area (Å²) in [6.45, 7) is 2.92. The Balaban J connectivity index is 2.04. The molecule has 0 saturated heterocycles. The predicted octanol–water partition coefficient (Wildman–Crippen LogP) is 2.96. The predicted molar refractivity (Wildman–Crippen MR) is 121 cm³/mol. The van der Waals surface area contributed by atoms with E-state index in [1.165, 1.54) is 18.7 Å². The van der Waals surface area contributed by atoms with Gasteiger partial charge >= 0.3 is 11.9 Å². The lowest BCUT2D eigenvalue weighted by Gasteiger charge is -2.36. The number of amides is 1. The van der Waals surface area contributed by atoms with Gasteiger partial charge in [-0.2, -0.15) is 0 Å². The summed E-state index contributed by atoms with van der Waals surface area (Å²) >= 11 is 0. The fraction of sp³-hybridized carbons (Fsp3) is 0.231. The third-order valence-corrected chi connectivity index (χ3v) is 5.95. The van der Waals surface area contributed by atoms with Crippen LogP contribution < -0.4 is 4.90 Å². The lowest BCUT2D eigenvalue weighted by atomic mass is 9.79. The molecule has 4 rings (SSSR count). The van der Waals surface area contributed by atoms with Gasteiger partial charge in [0.1, 0.15) is 11.3 Å². The van der Waals surface area contributed by atoms with Gasteiger partial charge in [-0.05, 0) is 25.5 Å². The molecule has 0 aromatic heterocycles. The summed E-state index contributed by atoms with van der Waals surface area (Å²) in [6, 6.07) is 16.2. The van der Waals surface area contributed by atoms with E-state index >= 15 is 0 Å². The number of ether oxygens (including phenoxy) is 3. The van der Waals surface area contributed by atoms with Crippen LogP contribution in [0.25, 0.3) is 0 Å². The zero-order valence-corrected chi connectivity index (χ0v) is 19.2. The second kappa shape index (κ2) is 8.62. The van der Waals surface area contributed by atoms with Crippen molar-refractivity contribution in [2.45, 2.75) is 26.0 Å². The topological polar surface area (TPSA) is 99.2 Å². The molecule has 8 heteroatoms. The van der Waals surface area contributed by atoms with Crippen molar-refractivity contribution in [3.05, 3.63) is 88.2 Å². The Bertz CT molecular complexity index is 1280. The molecule has 0 radical (unpaired) electrons. The molecule has 0 N–H and O–H groups in total. The normalized spacial score (nSPS) is 19.2. The maximum absolute atomic E-state index is 14.2. The molecule has 1 unspecified atom stereocenters. The van der Waals surface area contributed by atoms with Crippen LogP contribution in [0.4, 0.5) is 5.69 Å². The van der Waals surface area contributed by atoms with E-state index < -0.39 is 29.2 Å². The van der Waals surface area contributed by atoms with Crippen molar-refractivity contribution in [2.75, 3.05) is 19.1 Å². The first-order valence-corrected chi connectivity index (χ1v) is 10.6. The average Bonchev–Trinajstić information content (AvgIpc) is 3.06. The number of rotatable bonds is 5. The highest BCUT2D eigenvalue weighted by Crippen LogP contribution is 2.53. The van der Waals surface area contributed by atoms with E-state index in [2.05, 4.69) is 0 Å². The molecule has 2 aliphatic rings. The van der Waals surface area contributed by atoms with E-state index in [0.29, 0.717) is 11.3 Å². The van der Waals surface area contributed by atoms with Crippen molar-refractivity contribution < 1.29 is 33.4 Å². The molecular weight excluding hydrogens is 438 g/mol. The number of fused-ring (bicyclic) bond motifs is 2. The Morgan fingerprint density at radius 3 is 2.15 bits per heavy atom. The molecule has 174 valence electrons. The number of hydrogen-bond acceptors (Lipinski definition) is 7. The fourth-order valence-corrected chi connectivity index (χ4v) is 4.57. The molecule has 0 fully saturated rings. The van der Waals surface area contributed by atoms with Crippen molar-refractivity contribution >= 4 is 29.3 Å². The first-order chi connectivity index (χ1) is 16.3. The Kier molecular flexibility index (Phi) is 5.83. The van der Waals surface area contributed by atoms with Crippen LogP contribution in [0.3, 0.4) is 0 Å². The minimum atomic E-state index is -2.02. The monoisotopic (exact) mass is 461 g/mol. The highest BCUT2D eigenvalue weighted by atomic mass is 16.5. The van der Waals surface area contributed by atoms with Gasteiger partial charge in [-0.3, -0.25) is 9.59 Å². The van der Waals surface area contributed by atoms with Crippen LogP contribution in [0.5, 0.6) is 0 Å². The van der Waals surface area contributed by atoms with Crippen LogP contribution in [0.2, 0.25) is 0 Å². The van der Waals surface area contributed by atoms with Crippen LogP contribution in [-0.4, -0.2) is 37.8 Å². The summed E-state index contributed by atoms with van der Waals surface area (Å²) in [4.78, 5) is 54.3. The summed E-state index contributed by atoms with van der Waals surface area (Å²) in [6.07, 6.45) is 0. The number of ketones is 1. The standard InChI is InChI=1S/C26H23NO7/c1-15(28)20-16(2)34-26(22(24(30)33-4)21(20)23(29)32-3)18-12-8-9-13-19(18)27(25(26)31)14-17-10-6-5-7-11-17/h5-13H,14H2,1-4H3. The largest absolute Gasteiger partial charge is 0.471 e. The Morgan fingerprint density at radius 1 is 0.912 bits per heavy atom. The van der Waals surface area contributed by atoms with E-state index in [4.69, 9.17) is 14.2 Å². The molecule has 2 aromatic rings. The molecule has 8 nitrogen and oxygen atoms in total. The highest BCUT2D eigenvalue weighted by molar-refractivity contribution is 6.21. The summed E-state index contributed by atoms with van der Waals surface area (Å²) in [5, 5.41) is 0. The van der Waals surface area contributed by atoms with Crippen molar-refractivity contribution in [1.82, 2.24) is 0 Å². The van der Waals surface area contributed by atoms with Gasteiger partial charge < -0.3 is 19.1 Å². The number of carbonyl (C=O) groups is 4. The minimum absolute atomic E-state index is 0.0327. The number of nitrogens with zero attached hydrogens (tertiary/aromatic N) is 1. The fourth-order valence-electron chi connectivity index (χ4n) is 4.57. The lowest BCUT2D eigenvalue weighted by molar-refractivity contribution is -0.148. The van der Waals surface area contributed by atoms with Crippen molar-refractivity contribution in [3.63, 3.8) is 0 Å². The van der Waals surface area contributed by atoms with E-state index in [1.807, 2.05) is 30.3 Å². The summed E-state index contributed by atoms with van der Waals surface area (Å²) in [7, 11) is 2.26. The Morgan fingerprint density at radius 2 is 1.53 bits per heavy atom. The van der Waals surface area contributed by atoms with Crippen LogP contribution in [-0.2, 0) is 45.5 Å². The Labute approximate surface area is 196 Å². The SMILES string of the molecule is COC(=O)C1=C(C(=O)OC)C2(OC(C)=C1C(C)=O)C(=O)N(Cc1ccccc1)c1ccccc12. The van der Waals surface area contributed by atoms with E-state index in [9.17, 15) is 19.2 Å². The smallest absolute Gasteiger partial charge is 0.339 e. The number of carbonyl (C=O) groups excluding carboxylic acids is 4. The van der Waals surface area contributed by atoms with Gasteiger partial charge in [-0.1, -0.05) is 48.5 Å². The molecule has 0 bridgehead atoms. The summed E-state index contributed by atoms with van der Waals surface area (Å²) in [5.74, 6) is -2.99. The molecule has 34 heavy (non-hydrogen) atoms. The van der Waals surface area contributed by atoms with Crippen molar-refractivity contribution in [1.29, 1.82) is 0 Å². The van der Waals surface area contributed by atoms with Gasteiger partial charge in [0.25, 0.3) is 5.91 Å². The number of methoxy groups -OCH3 is 2. The number of hydrogen-bond donors (Lipinski definition) is 0. The molecule has 1 spiro atoms. The van der Waals surface area contributed by atoms with E-state index in [1.54, 1.807) is 24.3 Å². The zero-order valence-electron chi connectivity index (χ0n) is 19.2. The molecule has 0 aliphatic carbocycles. The third kappa shape index (κ3) is 3.30. The van der Waals surface area contributed by atoms with Crippen LogP contribution in [0, 0.1) is 0 Å². The summed E-state index contributed by atoms with van der Waals surface area (Å²) in [5.41, 5.74) is -1.15. The zero-order chi connectivity index (χ0) is 24.6. The first kappa shape index (κ1) is 23.0. The van der Waals surface area contributed by atoms with Gasteiger partial charge in [-0.15, -0.1) is 0 Å². The third-order valence-electron chi connectivity index (χ3n) is 5.95. The number of allylic oxidation sites excluding steroid dienone is 1. The number of para-hydroxylation sites is 1. The van der Waals surface area contributed by atoms with Gasteiger partial charge in [0.15, 0.2) is 5.78 Å². The highest BCUT2D eigenvalue weighted by Gasteiger charge is 2.62. The number of anilines is 1. The maximum atomic E-state index is 14.2. The van der Waals surface area contributed by atoms with Gasteiger partial charge in [0, 0.05) is 5.56 Å². The number of benzene rings is 2. The number of Topliss-reactive ketones (excluding diaryl/α,β-unsaturated/α-hetero) is 1. The van der Waals surface area contributed by atoms with Crippen molar-refractivity contribution in [2.24, 2.45) is 0 Å².